The lowest BCUT2D eigenvalue weighted by molar-refractivity contribution is 0.583. The molecule has 0 aliphatic heterocycles. The average Bonchev–Trinajstić information content (AvgIpc) is 2.86. The fourth-order valence-electron chi connectivity index (χ4n) is 1.37. The van der Waals surface area contributed by atoms with Gasteiger partial charge in [0.05, 0.1) is 0 Å². The van der Waals surface area contributed by atoms with Crippen LogP contribution in [0.25, 0.3) is 0 Å². The lowest BCUT2D eigenvalue weighted by Gasteiger charge is -2.09. The van der Waals surface area contributed by atoms with Crippen molar-refractivity contribution in [3.05, 3.63) is 17.0 Å². The third-order valence-electron chi connectivity index (χ3n) is 2.59. The Morgan fingerprint density at radius 2 is 2.16 bits per heavy atom. The molecule has 4 nitrogen and oxygen atoms in total. The van der Waals surface area contributed by atoms with Gasteiger partial charge in [0.2, 0.25) is 10.0 Å². The highest BCUT2D eigenvalue weighted by Crippen LogP contribution is 2.21. The predicted octanol–water partition coefficient (Wildman–Crippen LogP) is 2.28. The van der Waals surface area contributed by atoms with Crippen LogP contribution in [0.3, 0.4) is 0 Å². The van der Waals surface area contributed by atoms with Crippen LogP contribution in [-0.2, 0) is 16.6 Å². The molecule has 1 unspecified atom stereocenters. The number of hydrogen-bond donors (Lipinski definition) is 2. The van der Waals surface area contributed by atoms with Crippen molar-refractivity contribution < 1.29 is 8.42 Å². The van der Waals surface area contributed by atoms with Crippen LogP contribution >= 0.6 is 23.1 Å². The summed E-state index contributed by atoms with van der Waals surface area (Å²) in [6.07, 6.45) is 3.05. The average molecular weight is 323 g/mol. The number of hydrogen-bond acceptors (Lipinski definition) is 5. The van der Waals surface area contributed by atoms with Crippen LogP contribution in [-0.4, -0.2) is 33.0 Å². The van der Waals surface area contributed by atoms with Crippen LogP contribution in [0.2, 0.25) is 0 Å². The van der Waals surface area contributed by atoms with Gasteiger partial charge in [0.1, 0.15) is 4.21 Å². The van der Waals surface area contributed by atoms with E-state index in [1.165, 1.54) is 11.3 Å². The molecular weight excluding hydrogens is 300 g/mol. The highest BCUT2D eigenvalue weighted by molar-refractivity contribution is 7.99. The zero-order valence-corrected chi connectivity index (χ0v) is 14.1. The summed E-state index contributed by atoms with van der Waals surface area (Å²) in [5.74, 6) is 0. The molecule has 0 spiro atoms. The maximum Gasteiger partial charge on any atom is 0.250 e. The van der Waals surface area contributed by atoms with Gasteiger partial charge in [0, 0.05) is 23.2 Å². The van der Waals surface area contributed by atoms with Gasteiger partial charge in [0.25, 0.3) is 0 Å². The lowest BCUT2D eigenvalue weighted by atomic mass is 10.4. The monoisotopic (exact) mass is 322 g/mol. The Hall–Kier alpha value is -0.0800. The largest absolute Gasteiger partial charge is 0.312 e. The molecule has 7 heteroatoms. The van der Waals surface area contributed by atoms with Gasteiger partial charge in [-0.3, -0.25) is 0 Å². The molecule has 2 N–H and O–H groups in total. The van der Waals surface area contributed by atoms with E-state index in [-0.39, 0.29) is 5.25 Å². The van der Waals surface area contributed by atoms with Crippen LogP contribution < -0.4 is 10.0 Å². The molecule has 1 heterocycles. The molecule has 0 amide bonds. The van der Waals surface area contributed by atoms with Crippen molar-refractivity contribution in [1.82, 2.24) is 10.0 Å². The standard InChI is InChI=1S/C12H22N2O2S3/c1-4-7-13-9-11-5-6-12(18-11)19(15,16)14-8-10(2)17-3/h5-6,10,13-14H,4,7-9H2,1-3H3. The molecule has 1 atom stereocenters. The lowest BCUT2D eigenvalue weighted by Crippen LogP contribution is -2.28. The second kappa shape index (κ2) is 8.26. The number of sulfonamides is 1. The Morgan fingerprint density at radius 1 is 1.42 bits per heavy atom. The maximum atomic E-state index is 12.1. The van der Waals surface area contributed by atoms with E-state index in [4.69, 9.17) is 0 Å². The van der Waals surface area contributed by atoms with Crippen molar-refractivity contribution in [2.45, 2.75) is 36.3 Å². The molecular formula is C12H22N2O2S3. The van der Waals surface area contributed by atoms with Crippen LogP contribution in [0.15, 0.2) is 16.3 Å². The van der Waals surface area contributed by atoms with Gasteiger partial charge in [-0.05, 0) is 31.4 Å². The van der Waals surface area contributed by atoms with E-state index in [0.29, 0.717) is 10.8 Å². The summed E-state index contributed by atoms with van der Waals surface area (Å²) < 4.78 is 27.2. The normalized spacial score (nSPS) is 13.6. The molecule has 1 rings (SSSR count). The molecule has 0 radical (unpaired) electrons. The van der Waals surface area contributed by atoms with Gasteiger partial charge in [-0.1, -0.05) is 13.8 Å². The van der Waals surface area contributed by atoms with Crippen molar-refractivity contribution in [3.63, 3.8) is 0 Å². The summed E-state index contributed by atoms with van der Waals surface area (Å²) in [7, 11) is -3.35. The van der Waals surface area contributed by atoms with E-state index < -0.39 is 10.0 Å². The second-order valence-corrected chi connectivity index (χ2v) is 8.73. The molecule has 0 saturated carbocycles. The van der Waals surface area contributed by atoms with Crippen LogP contribution in [0.4, 0.5) is 0 Å². The van der Waals surface area contributed by atoms with Gasteiger partial charge in [-0.15, -0.1) is 11.3 Å². The summed E-state index contributed by atoms with van der Waals surface area (Å²) in [5, 5.41) is 3.55. The summed E-state index contributed by atoms with van der Waals surface area (Å²) in [6, 6.07) is 3.56. The van der Waals surface area contributed by atoms with E-state index in [2.05, 4.69) is 17.0 Å². The summed E-state index contributed by atoms with van der Waals surface area (Å²) >= 11 is 2.98. The number of nitrogens with one attached hydrogen (secondary N) is 2. The minimum absolute atomic E-state index is 0.278. The highest BCUT2D eigenvalue weighted by atomic mass is 32.2. The van der Waals surface area contributed by atoms with E-state index in [9.17, 15) is 8.42 Å². The first kappa shape index (κ1) is 17.0. The van der Waals surface area contributed by atoms with Gasteiger partial charge < -0.3 is 5.32 Å². The Bertz CT molecular complexity index is 471. The summed E-state index contributed by atoms with van der Waals surface area (Å²) in [4.78, 5) is 1.05. The van der Waals surface area contributed by atoms with Crippen LogP contribution in [0.1, 0.15) is 25.1 Å². The topological polar surface area (TPSA) is 58.2 Å². The van der Waals surface area contributed by atoms with Crippen LogP contribution in [0, 0.1) is 0 Å². The molecule has 1 aromatic rings. The number of rotatable bonds is 9. The van der Waals surface area contributed by atoms with Gasteiger partial charge >= 0.3 is 0 Å². The fourth-order valence-corrected chi connectivity index (χ4v) is 4.22. The van der Waals surface area contributed by atoms with Gasteiger partial charge in [0.15, 0.2) is 0 Å². The van der Waals surface area contributed by atoms with Crippen molar-refractivity contribution in [2.24, 2.45) is 0 Å². The molecule has 0 aliphatic rings. The molecule has 0 bridgehead atoms. The first-order valence-electron chi connectivity index (χ1n) is 6.31. The zero-order chi connectivity index (χ0) is 14.3. The van der Waals surface area contributed by atoms with E-state index in [1.807, 2.05) is 19.2 Å². The smallest absolute Gasteiger partial charge is 0.250 e. The van der Waals surface area contributed by atoms with Gasteiger partial charge in [-0.2, -0.15) is 11.8 Å². The van der Waals surface area contributed by atoms with Crippen molar-refractivity contribution in [3.8, 4) is 0 Å². The molecule has 0 fully saturated rings. The summed E-state index contributed by atoms with van der Waals surface area (Å²) in [5.41, 5.74) is 0. The second-order valence-electron chi connectivity index (χ2n) is 4.30. The molecule has 0 aromatic carbocycles. The molecule has 1 aromatic heterocycles. The van der Waals surface area contributed by atoms with Crippen LogP contribution in [0.5, 0.6) is 0 Å². The Kier molecular flexibility index (Phi) is 7.38. The third-order valence-corrected chi connectivity index (χ3v) is 6.56. The molecule has 0 saturated heterocycles. The minimum atomic E-state index is -3.35. The number of thioether (sulfide) groups is 1. The fraction of sp³-hybridized carbons (Fsp3) is 0.667. The van der Waals surface area contributed by atoms with E-state index >= 15 is 0 Å². The predicted molar refractivity (Wildman–Crippen MR) is 84.5 cm³/mol. The first-order valence-corrected chi connectivity index (χ1v) is 9.90. The van der Waals surface area contributed by atoms with E-state index in [0.717, 1.165) is 24.4 Å². The molecule has 110 valence electrons. The van der Waals surface area contributed by atoms with Gasteiger partial charge in [-0.25, -0.2) is 13.1 Å². The van der Waals surface area contributed by atoms with E-state index in [1.54, 1.807) is 17.8 Å². The number of thiophene rings is 1. The Balaban J connectivity index is 2.58. The minimum Gasteiger partial charge on any atom is -0.312 e. The first-order chi connectivity index (χ1) is 8.99. The molecule has 19 heavy (non-hydrogen) atoms. The maximum absolute atomic E-state index is 12.1. The summed E-state index contributed by atoms with van der Waals surface area (Å²) in [6.45, 7) is 6.25. The third kappa shape index (κ3) is 5.83. The van der Waals surface area contributed by atoms with Crippen molar-refractivity contribution >= 4 is 33.1 Å². The highest BCUT2D eigenvalue weighted by Gasteiger charge is 2.17. The van der Waals surface area contributed by atoms with Crippen molar-refractivity contribution in [1.29, 1.82) is 0 Å². The zero-order valence-electron chi connectivity index (χ0n) is 11.6. The Labute approximate surface area is 124 Å². The molecule has 0 aliphatic carbocycles. The SMILES string of the molecule is CCCNCc1ccc(S(=O)(=O)NCC(C)SC)s1. The van der Waals surface area contributed by atoms with Crippen molar-refractivity contribution in [2.75, 3.05) is 19.3 Å². The quantitative estimate of drug-likeness (QED) is 0.685. The Morgan fingerprint density at radius 3 is 2.79 bits per heavy atom.